The molecule has 1 atom stereocenters. The number of amides is 1. The third-order valence-electron chi connectivity index (χ3n) is 6.45. The van der Waals surface area contributed by atoms with Gasteiger partial charge in [-0.2, -0.15) is 0 Å². The molecule has 148 valence electrons. The van der Waals surface area contributed by atoms with E-state index in [4.69, 9.17) is 0 Å². The van der Waals surface area contributed by atoms with Crippen LogP contribution < -0.4 is 5.32 Å². The molecule has 0 spiro atoms. The van der Waals surface area contributed by atoms with Crippen LogP contribution in [0.5, 0.6) is 0 Å². The maximum absolute atomic E-state index is 12.5. The third kappa shape index (κ3) is 4.45. The average molecular weight is 379 g/mol. The van der Waals surface area contributed by atoms with Gasteiger partial charge in [-0.3, -0.25) is 9.69 Å². The number of likely N-dealkylation sites (tertiary alicyclic amines) is 1. The van der Waals surface area contributed by atoms with Crippen molar-refractivity contribution in [3.63, 3.8) is 0 Å². The molecule has 1 unspecified atom stereocenters. The number of aliphatic hydroxyl groups excluding tert-OH is 1. The second-order valence-corrected chi connectivity index (χ2v) is 8.39. The fourth-order valence-corrected chi connectivity index (χ4v) is 4.39. The zero-order valence-electron chi connectivity index (χ0n) is 16.4. The Morgan fingerprint density at radius 3 is 2.25 bits per heavy atom. The quantitative estimate of drug-likeness (QED) is 0.777. The summed E-state index contributed by atoms with van der Waals surface area (Å²) in [7, 11) is 0. The van der Waals surface area contributed by atoms with Gasteiger partial charge in [-0.1, -0.05) is 60.7 Å². The molecule has 1 saturated carbocycles. The normalized spacial score (nSPS) is 20.5. The van der Waals surface area contributed by atoms with Crippen molar-refractivity contribution in [2.45, 2.75) is 37.2 Å². The van der Waals surface area contributed by atoms with E-state index >= 15 is 0 Å². The van der Waals surface area contributed by atoms with Gasteiger partial charge in [-0.25, -0.2) is 0 Å². The molecule has 4 heteroatoms. The number of benzene rings is 2. The molecule has 2 aromatic rings. The molecular formula is C24H30N2O2. The van der Waals surface area contributed by atoms with Gasteiger partial charge in [0.1, 0.15) is 0 Å². The van der Waals surface area contributed by atoms with Gasteiger partial charge in [0.2, 0.25) is 5.91 Å². The van der Waals surface area contributed by atoms with Crippen LogP contribution in [-0.2, 0) is 10.2 Å². The summed E-state index contributed by atoms with van der Waals surface area (Å²) in [5.41, 5.74) is 2.49. The molecule has 28 heavy (non-hydrogen) atoms. The molecule has 4 nitrogen and oxygen atoms in total. The van der Waals surface area contributed by atoms with Crippen molar-refractivity contribution in [2.75, 3.05) is 26.2 Å². The maximum Gasteiger partial charge on any atom is 0.234 e. The van der Waals surface area contributed by atoms with Crippen molar-refractivity contribution < 1.29 is 9.90 Å². The van der Waals surface area contributed by atoms with Crippen molar-refractivity contribution in [3.05, 3.63) is 71.8 Å². The van der Waals surface area contributed by atoms with E-state index in [0.29, 0.717) is 6.54 Å². The van der Waals surface area contributed by atoms with Crippen LogP contribution >= 0.6 is 0 Å². The molecule has 2 N–H and O–H groups in total. The molecule has 1 aliphatic heterocycles. The number of aliphatic hydroxyl groups is 1. The SMILES string of the molecule is O=C(CN1CCC(C(O)c2ccccc2)CC1)NCC1(c2ccccc2)CC1. The Morgan fingerprint density at radius 2 is 1.64 bits per heavy atom. The van der Waals surface area contributed by atoms with Crippen molar-refractivity contribution in [2.24, 2.45) is 5.92 Å². The molecule has 1 saturated heterocycles. The average Bonchev–Trinajstić information content (AvgIpc) is 3.55. The summed E-state index contributed by atoms with van der Waals surface area (Å²) in [6, 6.07) is 20.4. The van der Waals surface area contributed by atoms with Gasteiger partial charge in [-0.15, -0.1) is 0 Å². The Kier molecular flexibility index (Phi) is 5.79. The fourth-order valence-electron chi connectivity index (χ4n) is 4.39. The molecule has 0 bridgehead atoms. The number of nitrogens with one attached hydrogen (secondary N) is 1. The van der Waals surface area contributed by atoms with E-state index in [2.05, 4.69) is 34.5 Å². The van der Waals surface area contributed by atoms with Crippen molar-refractivity contribution in [1.29, 1.82) is 0 Å². The summed E-state index contributed by atoms with van der Waals surface area (Å²) in [5, 5.41) is 13.8. The summed E-state index contributed by atoms with van der Waals surface area (Å²) >= 11 is 0. The zero-order chi connectivity index (χ0) is 19.4. The van der Waals surface area contributed by atoms with E-state index in [1.807, 2.05) is 36.4 Å². The van der Waals surface area contributed by atoms with E-state index in [0.717, 1.165) is 50.9 Å². The number of piperidine rings is 1. The molecule has 2 aliphatic rings. The van der Waals surface area contributed by atoms with Crippen molar-refractivity contribution >= 4 is 5.91 Å². The lowest BCUT2D eigenvalue weighted by Crippen LogP contribution is -2.43. The van der Waals surface area contributed by atoms with Crippen LogP contribution in [-0.4, -0.2) is 42.1 Å². The molecule has 2 fully saturated rings. The molecule has 4 rings (SSSR count). The van der Waals surface area contributed by atoms with E-state index in [9.17, 15) is 9.90 Å². The van der Waals surface area contributed by atoms with Gasteiger partial charge in [-0.05, 0) is 55.8 Å². The number of nitrogens with zero attached hydrogens (tertiary/aromatic N) is 1. The van der Waals surface area contributed by atoms with E-state index in [-0.39, 0.29) is 17.2 Å². The predicted octanol–water partition coefficient (Wildman–Crippen LogP) is 3.28. The number of hydrogen-bond donors (Lipinski definition) is 2. The van der Waals surface area contributed by atoms with Gasteiger partial charge in [0, 0.05) is 12.0 Å². The highest BCUT2D eigenvalue weighted by Gasteiger charge is 2.44. The van der Waals surface area contributed by atoms with Crippen molar-refractivity contribution in [3.8, 4) is 0 Å². The number of hydrogen-bond acceptors (Lipinski definition) is 3. The minimum absolute atomic E-state index is 0.115. The molecule has 1 amide bonds. The van der Waals surface area contributed by atoms with Gasteiger partial charge in [0.05, 0.1) is 12.6 Å². The zero-order valence-corrected chi connectivity index (χ0v) is 16.4. The Labute approximate surface area is 167 Å². The minimum atomic E-state index is -0.405. The second-order valence-electron chi connectivity index (χ2n) is 8.39. The smallest absolute Gasteiger partial charge is 0.234 e. The Hall–Kier alpha value is -2.17. The third-order valence-corrected chi connectivity index (χ3v) is 6.45. The molecule has 0 aromatic heterocycles. The summed E-state index contributed by atoms with van der Waals surface area (Å²) < 4.78 is 0. The maximum atomic E-state index is 12.5. The lowest BCUT2D eigenvalue weighted by molar-refractivity contribution is -0.122. The number of rotatable bonds is 7. The Bertz CT molecular complexity index is 766. The topological polar surface area (TPSA) is 52.6 Å². The minimum Gasteiger partial charge on any atom is -0.388 e. The van der Waals surface area contributed by atoms with Crippen LogP contribution in [0.4, 0.5) is 0 Å². The van der Waals surface area contributed by atoms with Gasteiger partial charge in [0.15, 0.2) is 0 Å². The lowest BCUT2D eigenvalue weighted by atomic mass is 9.87. The molecule has 2 aromatic carbocycles. The molecule has 1 heterocycles. The van der Waals surface area contributed by atoms with Gasteiger partial charge < -0.3 is 10.4 Å². The molecular weight excluding hydrogens is 348 g/mol. The lowest BCUT2D eigenvalue weighted by Gasteiger charge is -2.34. The van der Waals surface area contributed by atoms with Crippen LogP contribution in [0.2, 0.25) is 0 Å². The van der Waals surface area contributed by atoms with Crippen molar-refractivity contribution in [1.82, 2.24) is 10.2 Å². The van der Waals surface area contributed by atoms with Crippen LogP contribution in [0.1, 0.15) is 42.9 Å². The first kappa shape index (κ1) is 19.2. The number of carbonyl (C=O) groups excluding carboxylic acids is 1. The molecule has 1 aliphatic carbocycles. The largest absolute Gasteiger partial charge is 0.388 e. The predicted molar refractivity (Wildman–Crippen MR) is 111 cm³/mol. The highest BCUT2D eigenvalue weighted by molar-refractivity contribution is 5.78. The summed E-state index contributed by atoms with van der Waals surface area (Å²) in [5.74, 6) is 0.388. The first-order valence-corrected chi connectivity index (χ1v) is 10.4. The monoisotopic (exact) mass is 378 g/mol. The Balaban J connectivity index is 1.21. The highest BCUT2D eigenvalue weighted by atomic mass is 16.3. The summed E-state index contributed by atoms with van der Waals surface area (Å²) in [6.45, 7) is 2.93. The van der Waals surface area contributed by atoms with Gasteiger partial charge in [0.25, 0.3) is 0 Å². The van der Waals surface area contributed by atoms with Crippen LogP contribution in [0.25, 0.3) is 0 Å². The Morgan fingerprint density at radius 1 is 1.04 bits per heavy atom. The molecule has 0 radical (unpaired) electrons. The van der Waals surface area contributed by atoms with E-state index in [1.165, 1.54) is 5.56 Å². The second kappa shape index (κ2) is 8.46. The summed E-state index contributed by atoms with van der Waals surface area (Å²) in [4.78, 5) is 14.7. The first-order valence-electron chi connectivity index (χ1n) is 10.4. The van der Waals surface area contributed by atoms with Crippen LogP contribution in [0.15, 0.2) is 60.7 Å². The standard InChI is InChI=1S/C24H30N2O2/c27-22(25-18-24(13-14-24)21-9-5-2-6-10-21)17-26-15-11-20(12-16-26)23(28)19-7-3-1-4-8-19/h1-10,20,23,28H,11-18H2,(H,25,27). The van der Waals surface area contributed by atoms with Crippen LogP contribution in [0, 0.1) is 5.92 Å². The fraction of sp³-hybridized carbons (Fsp3) is 0.458. The van der Waals surface area contributed by atoms with E-state index in [1.54, 1.807) is 0 Å². The highest BCUT2D eigenvalue weighted by Crippen LogP contribution is 2.47. The summed E-state index contributed by atoms with van der Waals surface area (Å²) in [6.07, 6.45) is 3.76. The van der Waals surface area contributed by atoms with Gasteiger partial charge >= 0.3 is 0 Å². The van der Waals surface area contributed by atoms with Crippen LogP contribution in [0.3, 0.4) is 0 Å². The van der Waals surface area contributed by atoms with E-state index < -0.39 is 6.10 Å². The number of carbonyl (C=O) groups is 1. The first-order chi connectivity index (χ1) is 13.7.